The van der Waals surface area contributed by atoms with E-state index in [4.69, 9.17) is 20.4 Å². The number of nitrogens with one attached hydrogen (secondary N) is 2. The second kappa shape index (κ2) is 6.14. The van der Waals surface area contributed by atoms with Crippen LogP contribution in [0.3, 0.4) is 0 Å². The molecule has 3 aromatic heterocycles. The Bertz CT molecular complexity index is 1260. The molecule has 0 radical (unpaired) electrons. The number of tetrazole rings is 1. The summed E-state index contributed by atoms with van der Waals surface area (Å²) in [5.74, 6) is 1.85. The van der Waals surface area contributed by atoms with E-state index in [0.717, 1.165) is 33.4 Å². The molecule has 0 aliphatic heterocycles. The summed E-state index contributed by atoms with van der Waals surface area (Å²) in [5, 5.41) is 19.8. The maximum Gasteiger partial charge on any atom is 0.239 e. The Morgan fingerprint density at radius 1 is 1.07 bits per heavy atom. The number of halogens is 1. The zero-order chi connectivity index (χ0) is 18.4. The van der Waals surface area contributed by atoms with Gasteiger partial charge in [0.1, 0.15) is 11.3 Å². The molecule has 0 saturated heterocycles. The van der Waals surface area contributed by atoms with Gasteiger partial charge in [0, 0.05) is 23.0 Å². The average molecular weight is 380 g/mol. The Hall–Kier alpha value is -3.32. The smallest absolute Gasteiger partial charge is 0.239 e. The number of anilines is 1. The van der Waals surface area contributed by atoms with Crippen LogP contribution >= 0.6 is 11.6 Å². The minimum Gasteiger partial charge on any atom is -0.460 e. The van der Waals surface area contributed by atoms with Crippen LogP contribution in [0.4, 0.5) is 5.69 Å². The molecule has 5 rings (SSSR count). The van der Waals surface area contributed by atoms with Crippen LogP contribution in [0.1, 0.15) is 11.3 Å². The van der Waals surface area contributed by atoms with E-state index in [1.165, 1.54) is 0 Å². The predicted octanol–water partition coefficient (Wildman–Crippen LogP) is 4.93. The highest BCUT2D eigenvalue weighted by molar-refractivity contribution is 6.35. The highest BCUT2D eigenvalue weighted by Gasteiger charge is 2.11. The van der Waals surface area contributed by atoms with Crippen molar-refractivity contribution in [1.82, 2.24) is 20.6 Å². The fourth-order valence-electron chi connectivity index (χ4n) is 3.11. The first-order valence-corrected chi connectivity index (χ1v) is 8.73. The van der Waals surface area contributed by atoms with Crippen molar-refractivity contribution in [3.05, 3.63) is 58.8 Å². The lowest BCUT2D eigenvalue weighted by atomic mass is 10.1. The summed E-state index contributed by atoms with van der Waals surface area (Å²) < 4.78 is 11.4. The van der Waals surface area contributed by atoms with E-state index in [2.05, 4.69) is 25.9 Å². The van der Waals surface area contributed by atoms with Crippen LogP contribution in [0, 0.1) is 6.92 Å². The highest BCUT2D eigenvalue weighted by Crippen LogP contribution is 2.31. The minimum absolute atomic E-state index is 0.434. The predicted molar refractivity (Wildman–Crippen MR) is 103 cm³/mol. The minimum atomic E-state index is 0.434. The molecule has 0 aliphatic rings. The van der Waals surface area contributed by atoms with E-state index in [1.54, 1.807) is 0 Å². The van der Waals surface area contributed by atoms with E-state index in [-0.39, 0.29) is 0 Å². The molecule has 2 N–H and O–H groups in total. The van der Waals surface area contributed by atoms with Gasteiger partial charge in [0.25, 0.3) is 0 Å². The molecule has 134 valence electrons. The van der Waals surface area contributed by atoms with E-state index < -0.39 is 0 Å². The van der Waals surface area contributed by atoms with Gasteiger partial charge in [0.2, 0.25) is 5.82 Å². The topological polar surface area (TPSA) is 92.8 Å². The molecule has 0 spiro atoms. The summed E-state index contributed by atoms with van der Waals surface area (Å²) in [6.45, 7) is 2.54. The third kappa shape index (κ3) is 2.92. The van der Waals surface area contributed by atoms with Crippen LogP contribution in [0.5, 0.6) is 0 Å². The summed E-state index contributed by atoms with van der Waals surface area (Å²) in [7, 11) is 0. The lowest BCUT2D eigenvalue weighted by molar-refractivity contribution is 0.578. The first kappa shape index (κ1) is 15.9. The fraction of sp³-hybridized carbons (Fsp3) is 0.105. The maximum absolute atomic E-state index is 6.32. The number of aryl methyl sites for hydroxylation is 1. The summed E-state index contributed by atoms with van der Waals surface area (Å²) in [4.78, 5) is 0. The number of furan rings is 2. The Morgan fingerprint density at radius 2 is 2.00 bits per heavy atom. The van der Waals surface area contributed by atoms with Gasteiger partial charge in [-0.2, -0.15) is 5.21 Å². The molecule has 0 fully saturated rings. The van der Waals surface area contributed by atoms with E-state index in [0.29, 0.717) is 28.7 Å². The van der Waals surface area contributed by atoms with Crippen LogP contribution in [-0.2, 0) is 6.54 Å². The van der Waals surface area contributed by atoms with Crippen molar-refractivity contribution in [2.75, 3.05) is 5.32 Å². The van der Waals surface area contributed by atoms with Crippen LogP contribution in [-0.4, -0.2) is 20.6 Å². The van der Waals surface area contributed by atoms with E-state index >= 15 is 0 Å². The summed E-state index contributed by atoms with van der Waals surface area (Å²) >= 11 is 6.32. The SMILES string of the molecule is Cc1cc2cc(NCc3ccc4cc(-c5nn[nH]n5)oc4c3)cc(Cl)c2o1. The third-order valence-electron chi connectivity index (χ3n) is 4.34. The van der Waals surface area contributed by atoms with Gasteiger partial charge in [-0.25, -0.2) is 0 Å². The molecular formula is C19H14ClN5O2. The lowest BCUT2D eigenvalue weighted by Crippen LogP contribution is -1.99. The lowest BCUT2D eigenvalue weighted by Gasteiger charge is -2.07. The molecule has 0 unspecified atom stereocenters. The molecule has 0 atom stereocenters. The molecule has 8 heteroatoms. The molecular weight excluding hydrogens is 366 g/mol. The van der Waals surface area contributed by atoms with Gasteiger partial charge in [-0.3, -0.25) is 0 Å². The number of hydrogen-bond donors (Lipinski definition) is 2. The van der Waals surface area contributed by atoms with Gasteiger partial charge in [0.15, 0.2) is 11.3 Å². The highest BCUT2D eigenvalue weighted by atomic mass is 35.5. The molecule has 0 bridgehead atoms. The summed E-state index contributed by atoms with van der Waals surface area (Å²) in [6.07, 6.45) is 0. The molecule has 27 heavy (non-hydrogen) atoms. The van der Waals surface area contributed by atoms with Gasteiger partial charge in [-0.05, 0) is 48.0 Å². The van der Waals surface area contributed by atoms with E-state index in [1.807, 2.05) is 49.4 Å². The fourth-order valence-corrected chi connectivity index (χ4v) is 3.37. The van der Waals surface area contributed by atoms with Gasteiger partial charge in [0.05, 0.1) is 5.02 Å². The number of benzene rings is 2. The van der Waals surface area contributed by atoms with Crippen molar-refractivity contribution in [2.45, 2.75) is 13.5 Å². The first-order valence-electron chi connectivity index (χ1n) is 8.35. The second-order valence-electron chi connectivity index (χ2n) is 6.31. The quantitative estimate of drug-likeness (QED) is 0.459. The van der Waals surface area contributed by atoms with Gasteiger partial charge >= 0.3 is 0 Å². The molecule has 0 aliphatic carbocycles. The normalized spacial score (nSPS) is 11.5. The van der Waals surface area contributed by atoms with Gasteiger partial charge in [-0.15, -0.1) is 10.2 Å². The Kier molecular flexibility index (Phi) is 3.61. The number of nitrogens with zero attached hydrogens (tertiary/aromatic N) is 3. The zero-order valence-electron chi connectivity index (χ0n) is 14.3. The van der Waals surface area contributed by atoms with E-state index in [9.17, 15) is 0 Å². The van der Waals surface area contributed by atoms with Crippen LogP contribution in [0.25, 0.3) is 33.5 Å². The largest absolute Gasteiger partial charge is 0.460 e. The van der Waals surface area contributed by atoms with Crippen molar-refractivity contribution in [1.29, 1.82) is 0 Å². The first-order chi connectivity index (χ1) is 13.2. The van der Waals surface area contributed by atoms with Gasteiger partial charge in [-0.1, -0.05) is 23.7 Å². The monoisotopic (exact) mass is 379 g/mol. The Labute approximate surface area is 158 Å². The molecule has 2 aromatic carbocycles. The number of rotatable bonds is 4. The number of hydrogen-bond acceptors (Lipinski definition) is 6. The van der Waals surface area contributed by atoms with Crippen LogP contribution < -0.4 is 5.32 Å². The number of aromatic nitrogens is 4. The molecule has 3 heterocycles. The van der Waals surface area contributed by atoms with Crippen LogP contribution in [0.2, 0.25) is 5.02 Å². The van der Waals surface area contributed by atoms with Crippen molar-refractivity contribution < 1.29 is 8.83 Å². The van der Waals surface area contributed by atoms with Crippen molar-refractivity contribution in [3.8, 4) is 11.6 Å². The van der Waals surface area contributed by atoms with Crippen molar-refractivity contribution in [3.63, 3.8) is 0 Å². The average Bonchev–Trinajstić information content (AvgIpc) is 3.38. The molecule has 5 aromatic rings. The number of H-pyrrole nitrogens is 1. The zero-order valence-corrected chi connectivity index (χ0v) is 15.0. The van der Waals surface area contributed by atoms with Crippen LogP contribution in [0.15, 0.2) is 51.3 Å². The summed E-state index contributed by atoms with van der Waals surface area (Å²) in [6, 6.07) is 13.8. The number of fused-ring (bicyclic) bond motifs is 2. The molecule has 7 nitrogen and oxygen atoms in total. The second-order valence-corrected chi connectivity index (χ2v) is 6.71. The number of aromatic amines is 1. The Morgan fingerprint density at radius 3 is 2.85 bits per heavy atom. The molecule has 0 amide bonds. The molecule has 0 saturated carbocycles. The van der Waals surface area contributed by atoms with Crippen molar-refractivity contribution >= 4 is 39.2 Å². The third-order valence-corrected chi connectivity index (χ3v) is 4.62. The maximum atomic E-state index is 6.32. The Balaban J connectivity index is 1.40. The summed E-state index contributed by atoms with van der Waals surface area (Å²) in [5.41, 5.74) is 3.50. The standard InChI is InChI=1S/C19H14ClN5O2/c1-10-4-13-6-14(8-15(20)18(13)26-10)21-9-11-2-3-12-7-17(27-16(12)5-11)19-22-24-25-23-19/h2-8,21H,9H2,1H3,(H,22,23,24,25). The van der Waals surface area contributed by atoms with Crippen molar-refractivity contribution in [2.24, 2.45) is 0 Å². The van der Waals surface area contributed by atoms with Gasteiger partial charge < -0.3 is 14.2 Å².